The van der Waals surface area contributed by atoms with E-state index < -0.39 is 0 Å². The Hall–Kier alpha value is -0.850. The highest BCUT2D eigenvalue weighted by atomic mass is 14.7. The van der Waals surface area contributed by atoms with Crippen molar-refractivity contribution in [1.29, 1.82) is 0 Å². The van der Waals surface area contributed by atoms with E-state index in [4.69, 9.17) is 0 Å². The van der Waals surface area contributed by atoms with Gasteiger partial charge in [-0.3, -0.25) is 4.98 Å². The van der Waals surface area contributed by atoms with Gasteiger partial charge < -0.3 is 0 Å². The van der Waals surface area contributed by atoms with Gasteiger partial charge in [-0.1, -0.05) is 13.8 Å². The molecule has 1 nitrogen and oxygen atoms in total. The maximum Gasteiger partial charge on any atom is 0.0407 e. The van der Waals surface area contributed by atoms with E-state index in [1.165, 1.54) is 22.4 Å². The molecule has 0 saturated heterocycles. The van der Waals surface area contributed by atoms with E-state index in [1.54, 1.807) is 0 Å². The molecule has 0 N–H and O–H groups in total. The number of hydrogen-bond acceptors (Lipinski definition) is 1. The molecule has 0 radical (unpaired) electrons. The van der Waals surface area contributed by atoms with Crippen molar-refractivity contribution < 1.29 is 0 Å². The van der Waals surface area contributed by atoms with E-state index in [9.17, 15) is 0 Å². The maximum absolute atomic E-state index is 4.36. The van der Waals surface area contributed by atoms with Crippen LogP contribution in [0.15, 0.2) is 6.20 Å². The Balaban J connectivity index is 3.28. The average Bonchev–Trinajstić information content (AvgIpc) is 2.08. The summed E-state index contributed by atoms with van der Waals surface area (Å²) >= 11 is 0. The van der Waals surface area contributed by atoms with Crippen LogP contribution < -0.4 is 0 Å². The van der Waals surface area contributed by atoms with Gasteiger partial charge in [-0.15, -0.1) is 0 Å². The number of rotatable bonds is 2. The van der Waals surface area contributed by atoms with Crippen LogP contribution in [0.25, 0.3) is 0 Å². The third-order valence-corrected chi connectivity index (χ3v) is 2.44. The zero-order valence-electron chi connectivity index (χ0n) is 8.44. The molecule has 12 heavy (non-hydrogen) atoms. The lowest BCUT2D eigenvalue weighted by molar-refractivity contribution is 0.959. The van der Waals surface area contributed by atoms with Gasteiger partial charge in [-0.25, -0.2) is 0 Å². The Kier molecular flexibility index (Phi) is 2.85. The normalized spacial score (nSPS) is 10.3. The second kappa shape index (κ2) is 3.70. The molecule has 0 bridgehead atoms. The summed E-state index contributed by atoms with van der Waals surface area (Å²) in [6.07, 6.45) is 4.20. The van der Waals surface area contributed by atoms with Crippen LogP contribution in [0.2, 0.25) is 0 Å². The number of hydrogen-bond donors (Lipinski definition) is 0. The van der Waals surface area contributed by atoms with Gasteiger partial charge in [0.2, 0.25) is 0 Å². The Morgan fingerprint density at radius 1 is 1.08 bits per heavy atom. The number of aromatic nitrogens is 1. The summed E-state index contributed by atoms with van der Waals surface area (Å²) < 4.78 is 0. The zero-order valence-corrected chi connectivity index (χ0v) is 8.44. The lowest BCUT2D eigenvalue weighted by atomic mass is 9.98. The maximum atomic E-state index is 4.36. The minimum atomic E-state index is 1.10. The molecule has 0 aliphatic heterocycles. The van der Waals surface area contributed by atoms with Crippen LogP contribution in [-0.2, 0) is 12.8 Å². The first kappa shape index (κ1) is 9.24. The van der Waals surface area contributed by atoms with E-state index >= 15 is 0 Å². The molecule has 0 aliphatic rings. The van der Waals surface area contributed by atoms with Gasteiger partial charge in [-0.2, -0.15) is 0 Å². The lowest BCUT2D eigenvalue weighted by Gasteiger charge is -2.11. The molecule has 0 spiro atoms. The smallest absolute Gasteiger partial charge is 0.0407 e. The first-order chi connectivity index (χ1) is 5.70. The molecule has 1 aromatic heterocycles. The molecule has 1 heteroatoms. The van der Waals surface area contributed by atoms with E-state index in [0.29, 0.717) is 0 Å². The molecular weight excluding hydrogens is 146 g/mol. The van der Waals surface area contributed by atoms with Gasteiger partial charge in [0.25, 0.3) is 0 Å². The van der Waals surface area contributed by atoms with Crippen molar-refractivity contribution in [2.45, 2.75) is 40.5 Å². The molecule has 1 heterocycles. The molecule has 0 aliphatic carbocycles. The predicted molar refractivity (Wildman–Crippen MR) is 52.5 cm³/mol. The van der Waals surface area contributed by atoms with Crippen molar-refractivity contribution in [3.8, 4) is 0 Å². The van der Waals surface area contributed by atoms with Crippen molar-refractivity contribution in [1.82, 2.24) is 4.98 Å². The zero-order chi connectivity index (χ0) is 9.14. The Morgan fingerprint density at radius 3 is 2.08 bits per heavy atom. The van der Waals surface area contributed by atoms with Crippen LogP contribution in [0.4, 0.5) is 0 Å². The summed E-state index contributed by atoms with van der Waals surface area (Å²) in [5, 5.41) is 0. The van der Waals surface area contributed by atoms with E-state index in [0.717, 1.165) is 12.8 Å². The molecule has 0 fully saturated rings. The first-order valence-electron chi connectivity index (χ1n) is 4.64. The number of nitrogens with zero attached hydrogens (tertiary/aromatic N) is 1. The van der Waals surface area contributed by atoms with Crippen molar-refractivity contribution in [3.63, 3.8) is 0 Å². The van der Waals surface area contributed by atoms with E-state index in [-0.39, 0.29) is 0 Å². The Bertz CT molecular complexity index is 248. The minimum absolute atomic E-state index is 1.10. The Morgan fingerprint density at radius 2 is 1.67 bits per heavy atom. The molecule has 66 valence electrons. The fourth-order valence-electron chi connectivity index (χ4n) is 1.77. The third kappa shape index (κ3) is 1.50. The van der Waals surface area contributed by atoms with Crippen LogP contribution >= 0.6 is 0 Å². The molecule has 0 amide bonds. The van der Waals surface area contributed by atoms with Gasteiger partial charge in [-0.05, 0) is 43.4 Å². The highest BCUT2D eigenvalue weighted by Gasteiger charge is 2.05. The van der Waals surface area contributed by atoms with Crippen LogP contribution in [0.1, 0.15) is 36.2 Å². The Labute approximate surface area is 74.8 Å². The SMILES string of the molecule is CCc1c(C)cnc(C)c1CC. The largest absolute Gasteiger partial charge is 0.261 e. The average molecular weight is 163 g/mol. The lowest BCUT2D eigenvalue weighted by Crippen LogP contribution is -2.00. The second-order valence-corrected chi connectivity index (χ2v) is 3.19. The minimum Gasteiger partial charge on any atom is -0.261 e. The molecule has 1 rings (SSSR count). The van der Waals surface area contributed by atoms with E-state index in [2.05, 4.69) is 32.7 Å². The molecule has 0 unspecified atom stereocenters. The standard InChI is InChI=1S/C11H17N/c1-5-10-8(3)7-12-9(4)11(10)6-2/h7H,5-6H2,1-4H3. The fourth-order valence-corrected chi connectivity index (χ4v) is 1.77. The van der Waals surface area contributed by atoms with Crippen LogP contribution in [0.3, 0.4) is 0 Å². The molecule has 0 atom stereocenters. The van der Waals surface area contributed by atoms with Gasteiger partial charge in [0.15, 0.2) is 0 Å². The van der Waals surface area contributed by atoms with Crippen LogP contribution in [0.5, 0.6) is 0 Å². The highest BCUT2D eigenvalue weighted by Crippen LogP contribution is 2.17. The quantitative estimate of drug-likeness (QED) is 0.653. The van der Waals surface area contributed by atoms with Gasteiger partial charge in [0.1, 0.15) is 0 Å². The van der Waals surface area contributed by atoms with Crippen molar-refractivity contribution in [2.24, 2.45) is 0 Å². The van der Waals surface area contributed by atoms with Crippen molar-refractivity contribution in [2.75, 3.05) is 0 Å². The summed E-state index contributed by atoms with van der Waals surface area (Å²) in [5.41, 5.74) is 5.46. The molecular formula is C11H17N. The summed E-state index contributed by atoms with van der Waals surface area (Å²) in [5.74, 6) is 0. The highest BCUT2D eigenvalue weighted by molar-refractivity contribution is 5.35. The fraction of sp³-hybridized carbons (Fsp3) is 0.545. The number of aryl methyl sites for hydroxylation is 2. The summed E-state index contributed by atoms with van der Waals surface area (Å²) in [4.78, 5) is 4.36. The predicted octanol–water partition coefficient (Wildman–Crippen LogP) is 2.82. The summed E-state index contributed by atoms with van der Waals surface area (Å²) in [6.45, 7) is 8.64. The van der Waals surface area contributed by atoms with E-state index in [1.807, 2.05) is 6.20 Å². The van der Waals surface area contributed by atoms with Crippen molar-refractivity contribution in [3.05, 3.63) is 28.6 Å². The third-order valence-electron chi connectivity index (χ3n) is 2.44. The van der Waals surface area contributed by atoms with Crippen LogP contribution in [-0.4, -0.2) is 4.98 Å². The van der Waals surface area contributed by atoms with Gasteiger partial charge >= 0.3 is 0 Å². The molecule has 0 aromatic carbocycles. The first-order valence-corrected chi connectivity index (χ1v) is 4.64. The molecule has 1 aromatic rings. The monoisotopic (exact) mass is 163 g/mol. The molecule has 0 saturated carbocycles. The topological polar surface area (TPSA) is 12.9 Å². The summed E-state index contributed by atoms with van der Waals surface area (Å²) in [7, 11) is 0. The number of pyridine rings is 1. The summed E-state index contributed by atoms with van der Waals surface area (Å²) in [6, 6.07) is 0. The van der Waals surface area contributed by atoms with Crippen LogP contribution in [0, 0.1) is 13.8 Å². The van der Waals surface area contributed by atoms with Gasteiger partial charge in [0.05, 0.1) is 0 Å². The second-order valence-electron chi connectivity index (χ2n) is 3.19. The van der Waals surface area contributed by atoms with Crippen molar-refractivity contribution >= 4 is 0 Å². The van der Waals surface area contributed by atoms with Gasteiger partial charge in [0, 0.05) is 11.9 Å².